The first kappa shape index (κ1) is 21.7. The Hall–Kier alpha value is -3.51. The molecular weight excluding hydrogens is 434 g/mol. The molecule has 0 saturated heterocycles. The van der Waals surface area contributed by atoms with Gasteiger partial charge in [0.1, 0.15) is 5.70 Å². The van der Waals surface area contributed by atoms with Gasteiger partial charge in [-0.05, 0) is 61.7 Å². The average molecular weight is 453 g/mol. The van der Waals surface area contributed by atoms with E-state index in [4.69, 9.17) is 11.6 Å². The fourth-order valence-electron chi connectivity index (χ4n) is 3.76. The Labute approximate surface area is 189 Å². The van der Waals surface area contributed by atoms with E-state index in [9.17, 15) is 18.4 Å². The predicted molar refractivity (Wildman–Crippen MR) is 121 cm³/mol. The molecule has 0 fully saturated rings. The lowest BCUT2D eigenvalue weighted by molar-refractivity contribution is -0.120. The zero-order valence-corrected chi connectivity index (χ0v) is 18.3. The second-order valence-corrected chi connectivity index (χ2v) is 8.06. The SMILES string of the molecule is Cc1ccc(C2=C(Nc3ccc(F)c(F)c3)C(=O)N(c3cccc(Cl)c3C)C2=O)c(C)c1. The number of carbonyl (C=O) groups is 2. The fourth-order valence-corrected chi connectivity index (χ4v) is 3.93. The highest BCUT2D eigenvalue weighted by molar-refractivity contribution is 6.46. The Morgan fingerprint density at radius 2 is 1.62 bits per heavy atom. The summed E-state index contributed by atoms with van der Waals surface area (Å²) in [5.74, 6) is -3.22. The third-order valence-electron chi connectivity index (χ3n) is 5.40. The van der Waals surface area contributed by atoms with E-state index in [0.29, 0.717) is 21.8 Å². The normalized spacial score (nSPS) is 13.9. The number of hydrogen-bond donors (Lipinski definition) is 1. The number of halogens is 3. The summed E-state index contributed by atoms with van der Waals surface area (Å²) in [4.78, 5) is 28.1. The van der Waals surface area contributed by atoms with Crippen LogP contribution in [0.25, 0.3) is 5.57 Å². The lowest BCUT2D eigenvalue weighted by atomic mass is 9.97. The van der Waals surface area contributed by atoms with Crippen molar-refractivity contribution in [2.24, 2.45) is 0 Å². The maximum absolute atomic E-state index is 13.8. The summed E-state index contributed by atoms with van der Waals surface area (Å²) in [6.45, 7) is 5.49. The number of nitrogens with zero attached hydrogens (tertiary/aromatic N) is 1. The molecule has 0 atom stereocenters. The maximum atomic E-state index is 13.8. The highest BCUT2D eigenvalue weighted by Crippen LogP contribution is 2.37. The third-order valence-corrected chi connectivity index (χ3v) is 5.81. The lowest BCUT2D eigenvalue weighted by Gasteiger charge is -2.18. The van der Waals surface area contributed by atoms with E-state index in [2.05, 4.69) is 5.32 Å². The minimum Gasteiger partial charge on any atom is -0.350 e. The van der Waals surface area contributed by atoms with Crippen LogP contribution in [-0.4, -0.2) is 11.8 Å². The Balaban J connectivity index is 1.89. The van der Waals surface area contributed by atoms with Gasteiger partial charge in [0.2, 0.25) is 0 Å². The smallest absolute Gasteiger partial charge is 0.282 e. The van der Waals surface area contributed by atoms with Crippen LogP contribution in [0.1, 0.15) is 22.3 Å². The molecule has 0 unspecified atom stereocenters. The van der Waals surface area contributed by atoms with Crippen molar-refractivity contribution in [2.45, 2.75) is 20.8 Å². The van der Waals surface area contributed by atoms with E-state index >= 15 is 0 Å². The quantitative estimate of drug-likeness (QED) is 0.498. The molecule has 2 amide bonds. The predicted octanol–water partition coefficient (Wildman–Crippen LogP) is 5.94. The van der Waals surface area contributed by atoms with Crippen LogP contribution in [0, 0.1) is 32.4 Å². The molecule has 0 radical (unpaired) electrons. The number of hydrogen-bond acceptors (Lipinski definition) is 3. The van der Waals surface area contributed by atoms with Crippen LogP contribution < -0.4 is 10.2 Å². The van der Waals surface area contributed by atoms with E-state index in [-0.39, 0.29) is 17.0 Å². The van der Waals surface area contributed by atoms with Gasteiger partial charge < -0.3 is 5.32 Å². The molecule has 1 aliphatic rings. The molecule has 0 bridgehead atoms. The number of nitrogens with one attached hydrogen (secondary N) is 1. The van der Waals surface area contributed by atoms with Crippen molar-refractivity contribution in [3.05, 3.63) is 99.2 Å². The average Bonchev–Trinajstić information content (AvgIpc) is 2.97. The molecule has 3 aromatic rings. The number of aryl methyl sites for hydroxylation is 2. The number of benzene rings is 3. The van der Waals surface area contributed by atoms with E-state index < -0.39 is 23.4 Å². The van der Waals surface area contributed by atoms with E-state index in [1.165, 1.54) is 6.07 Å². The number of carbonyl (C=O) groups excluding carboxylic acids is 2. The lowest BCUT2D eigenvalue weighted by Crippen LogP contribution is -2.33. The number of anilines is 2. The molecule has 162 valence electrons. The van der Waals surface area contributed by atoms with Gasteiger partial charge in [-0.3, -0.25) is 9.59 Å². The monoisotopic (exact) mass is 452 g/mol. The zero-order valence-electron chi connectivity index (χ0n) is 17.6. The van der Waals surface area contributed by atoms with Gasteiger partial charge in [-0.15, -0.1) is 0 Å². The van der Waals surface area contributed by atoms with Crippen molar-refractivity contribution in [3.63, 3.8) is 0 Å². The van der Waals surface area contributed by atoms with Gasteiger partial charge in [-0.2, -0.15) is 0 Å². The topological polar surface area (TPSA) is 49.4 Å². The van der Waals surface area contributed by atoms with Gasteiger partial charge in [0.05, 0.1) is 11.3 Å². The van der Waals surface area contributed by atoms with Gasteiger partial charge in [-0.1, -0.05) is 41.4 Å². The molecule has 0 saturated carbocycles. The van der Waals surface area contributed by atoms with E-state index in [1.54, 1.807) is 31.2 Å². The first-order chi connectivity index (χ1) is 15.2. The molecule has 1 heterocycles. The molecule has 1 N–H and O–H groups in total. The van der Waals surface area contributed by atoms with Crippen LogP contribution in [0.2, 0.25) is 5.02 Å². The molecule has 4 nitrogen and oxygen atoms in total. The summed E-state index contributed by atoms with van der Waals surface area (Å²) in [6, 6.07) is 13.7. The molecular formula is C25H19ClF2N2O2. The van der Waals surface area contributed by atoms with Crippen molar-refractivity contribution >= 4 is 40.4 Å². The van der Waals surface area contributed by atoms with Gasteiger partial charge in [0.25, 0.3) is 11.8 Å². The van der Waals surface area contributed by atoms with Gasteiger partial charge in [0, 0.05) is 16.8 Å². The summed E-state index contributed by atoms with van der Waals surface area (Å²) >= 11 is 6.23. The highest BCUT2D eigenvalue weighted by Gasteiger charge is 2.41. The minimum absolute atomic E-state index is 0.0210. The second-order valence-electron chi connectivity index (χ2n) is 7.65. The first-order valence-electron chi connectivity index (χ1n) is 9.87. The number of imide groups is 1. The summed E-state index contributed by atoms with van der Waals surface area (Å²) in [7, 11) is 0. The number of amides is 2. The van der Waals surface area contributed by atoms with Crippen LogP contribution in [-0.2, 0) is 9.59 Å². The van der Waals surface area contributed by atoms with Crippen LogP contribution >= 0.6 is 11.6 Å². The van der Waals surface area contributed by atoms with Gasteiger partial charge in [-0.25, -0.2) is 13.7 Å². The summed E-state index contributed by atoms with van der Waals surface area (Å²) in [5.41, 5.74) is 3.58. The summed E-state index contributed by atoms with van der Waals surface area (Å²) in [5, 5.41) is 3.26. The van der Waals surface area contributed by atoms with Crippen LogP contribution in [0.5, 0.6) is 0 Å². The Morgan fingerprint density at radius 3 is 2.31 bits per heavy atom. The van der Waals surface area contributed by atoms with Crippen LogP contribution in [0.4, 0.5) is 20.2 Å². The molecule has 1 aliphatic heterocycles. The van der Waals surface area contributed by atoms with Crippen LogP contribution in [0.3, 0.4) is 0 Å². The Bertz CT molecular complexity index is 1320. The molecule has 3 aromatic carbocycles. The van der Waals surface area contributed by atoms with Gasteiger partial charge >= 0.3 is 0 Å². The molecule has 0 spiro atoms. The van der Waals surface area contributed by atoms with Gasteiger partial charge in [0.15, 0.2) is 11.6 Å². The van der Waals surface area contributed by atoms with Crippen molar-refractivity contribution < 1.29 is 18.4 Å². The highest BCUT2D eigenvalue weighted by atomic mass is 35.5. The molecule has 32 heavy (non-hydrogen) atoms. The largest absolute Gasteiger partial charge is 0.350 e. The Kier molecular flexibility index (Phi) is 5.57. The van der Waals surface area contributed by atoms with Crippen molar-refractivity contribution in [3.8, 4) is 0 Å². The number of rotatable bonds is 4. The summed E-state index contributed by atoms with van der Waals surface area (Å²) < 4.78 is 27.2. The first-order valence-corrected chi connectivity index (χ1v) is 10.2. The van der Waals surface area contributed by atoms with Crippen molar-refractivity contribution in [2.75, 3.05) is 10.2 Å². The van der Waals surface area contributed by atoms with E-state index in [1.807, 2.05) is 26.0 Å². The van der Waals surface area contributed by atoms with Crippen molar-refractivity contribution in [1.82, 2.24) is 0 Å². The molecule has 7 heteroatoms. The zero-order chi connectivity index (χ0) is 23.2. The maximum Gasteiger partial charge on any atom is 0.282 e. The third kappa shape index (κ3) is 3.67. The second kappa shape index (κ2) is 8.20. The van der Waals surface area contributed by atoms with E-state index in [0.717, 1.165) is 28.2 Å². The fraction of sp³-hybridized carbons (Fsp3) is 0.120. The minimum atomic E-state index is -1.07. The van der Waals surface area contributed by atoms with Crippen molar-refractivity contribution in [1.29, 1.82) is 0 Å². The molecule has 0 aliphatic carbocycles. The summed E-state index contributed by atoms with van der Waals surface area (Å²) in [6.07, 6.45) is 0. The standard InChI is InChI=1S/C25H19ClF2N2O2/c1-13-7-9-17(14(2)11-13)22-23(29-16-8-10-19(27)20(28)12-16)25(32)30(24(22)31)21-6-4-5-18(26)15(21)3/h4-12,29H,1-3H3. The van der Waals surface area contributed by atoms with Crippen LogP contribution in [0.15, 0.2) is 60.3 Å². The molecule has 4 rings (SSSR count). The Morgan fingerprint density at radius 1 is 0.875 bits per heavy atom. The molecule has 0 aromatic heterocycles.